The molecule has 1 N–H and O–H groups in total. The van der Waals surface area contributed by atoms with E-state index in [4.69, 9.17) is 16.9 Å². The number of hydrogen-bond donors (Lipinski definition) is 1. The Labute approximate surface area is 92.9 Å². The van der Waals surface area contributed by atoms with Crippen LogP contribution in [0.5, 0.6) is 0 Å². The molecule has 0 bridgehead atoms. The number of rotatable bonds is 2. The number of carbonyl (C=O) groups excluding carboxylic acids is 1. The molecule has 5 heteroatoms. The van der Waals surface area contributed by atoms with Gasteiger partial charge in [-0.05, 0) is 26.0 Å². The van der Waals surface area contributed by atoms with E-state index in [1.165, 1.54) is 20.0 Å². The van der Waals surface area contributed by atoms with Crippen molar-refractivity contribution in [2.75, 3.05) is 5.32 Å². The van der Waals surface area contributed by atoms with Crippen molar-refractivity contribution in [3.8, 4) is 6.07 Å². The zero-order valence-corrected chi connectivity index (χ0v) is 9.17. The average molecular weight is 224 g/mol. The Morgan fingerprint density at radius 1 is 1.67 bits per heavy atom. The molecule has 1 aromatic heterocycles. The predicted molar refractivity (Wildman–Crippen MR) is 57.3 cm³/mol. The van der Waals surface area contributed by atoms with Crippen LogP contribution in [0.1, 0.15) is 13.8 Å². The predicted octanol–water partition coefficient (Wildman–Crippen LogP) is 2.22. The second kappa shape index (κ2) is 4.28. The van der Waals surface area contributed by atoms with Gasteiger partial charge in [0, 0.05) is 6.20 Å². The highest BCUT2D eigenvalue weighted by atomic mass is 35.5. The van der Waals surface area contributed by atoms with E-state index in [9.17, 15) is 4.79 Å². The van der Waals surface area contributed by atoms with Crippen molar-refractivity contribution in [1.82, 2.24) is 4.98 Å². The molecule has 0 radical (unpaired) electrons. The molecule has 0 saturated carbocycles. The minimum atomic E-state index is -1.10. The number of aromatic nitrogens is 1. The van der Waals surface area contributed by atoms with Gasteiger partial charge in [-0.2, -0.15) is 5.26 Å². The molecule has 1 aromatic rings. The number of nitriles is 1. The Morgan fingerprint density at radius 2 is 2.33 bits per heavy atom. The highest BCUT2D eigenvalue weighted by molar-refractivity contribution is 6.33. The molecule has 0 aliphatic carbocycles. The number of carbonyl (C=O) groups is 1. The zero-order valence-electron chi connectivity index (χ0n) is 8.41. The molecular weight excluding hydrogens is 214 g/mol. The topological polar surface area (TPSA) is 65.8 Å². The third-order valence-corrected chi connectivity index (χ3v) is 2.14. The number of anilines is 1. The Morgan fingerprint density at radius 3 is 2.87 bits per heavy atom. The lowest BCUT2D eigenvalue weighted by atomic mass is 9.95. The largest absolute Gasteiger partial charge is 0.308 e. The fourth-order valence-electron chi connectivity index (χ4n) is 0.792. The van der Waals surface area contributed by atoms with E-state index in [0.717, 1.165) is 0 Å². The second-order valence-corrected chi connectivity index (χ2v) is 3.93. The van der Waals surface area contributed by atoms with Crippen molar-refractivity contribution in [2.45, 2.75) is 13.8 Å². The SMILES string of the molecule is CC(C)(C#N)C(=O)Nc1ncccc1Cl. The first-order valence-electron chi connectivity index (χ1n) is 4.30. The molecule has 0 spiro atoms. The van der Waals surface area contributed by atoms with Gasteiger partial charge in [-0.3, -0.25) is 4.79 Å². The first-order chi connectivity index (χ1) is 6.97. The fourth-order valence-corrected chi connectivity index (χ4v) is 0.961. The van der Waals surface area contributed by atoms with Crippen LogP contribution in [0.15, 0.2) is 18.3 Å². The van der Waals surface area contributed by atoms with E-state index in [2.05, 4.69) is 10.3 Å². The van der Waals surface area contributed by atoms with Crippen molar-refractivity contribution in [2.24, 2.45) is 5.41 Å². The van der Waals surface area contributed by atoms with Gasteiger partial charge < -0.3 is 5.32 Å². The molecular formula is C10H10ClN3O. The molecule has 0 aliphatic heterocycles. The molecule has 0 aromatic carbocycles. The Kier molecular flexibility index (Phi) is 3.28. The van der Waals surface area contributed by atoms with E-state index in [0.29, 0.717) is 5.02 Å². The minimum absolute atomic E-state index is 0.271. The number of hydrogen-bond acceptors (Lipinski definition) is 3. The second-order valence-electron chi connectivity index (χ2n) is 3.52. The van der Waals surface area contributed by atoms with Gasteiger partial charge in [0.1, 0.15) is 5.41 Å². The van der Waals surface area contributed by atoms with E-state index in [1.807, 2.05) is 6.07 Å². The lowest BCUT2D eigenvalue weighted by Crippen LogP contribution is -2.29. The van der Waals surface area contributed by atoms with Gasteiger partial charge in [-0.1, -0.05) is 11.6 Å². The summed E-state index contributed by atoms with van der Waals surface area (Å²) >= 11 is 5.80. The average Bonchev–Trinajstić information content (AvgIpc) is 2.21. The zero-order chi connectivity index (χ0) is 11.5. The molecule has 0 aliphatic rings. The summed E-state index contributed by atoms with van der Waals surface area (Å²) in [7, 11) is 0. The van der Waals surface area contributed by atoms with Gasteiger partial charge in [0.15, 0.2) is 5.82 Å². The molecule has 1 rings (SSSR count). The van der Waals surface area contributed by atoms with Gasteiger partial charge in [0.05, 0.1) is 11.1 Å². The van der Waals surface area contributed by atoms with E-state index in [-0.39, 0.29) is 5.82 Å². The van der Waals surface area contributed by atoms with Crippen molar-refractivity contribution in [3.63, 3.8) is 0 Å². The van der Waals surface area contributed by atoms with Crippen LogP contribution >= 0.6 is 11.6 Å². The maximum Gasteiger partial charge on any atom is 0.245 e. The van der Waals surface area contributed by atoms with Crippen LogP contribution < -0.4 is 5.32 Å². The first kappa shape index (κ1) is 11.5. The van der Waals surface area contributed by atoms with Crippen molar-refractivity contribution >= 4 is 23.3 Å². The van der Waals surface area contributed by atoms with Crippen LogP contribution in [0.2, 0.25) is 5.02 Å². The highest BCUT2D eigenvalue weighted by Gasteiger charge is 2.27. The van der Waals surface area contributed by atoms with E-state index >= 15 is 0 Å². The summed E-state index contributed by atoms with van der Waals surface area (Å²) in [6.07, 6.45) is 1.51. The fraction of sp³-hybridized carbons (Fsp3) is 0.300. The summed E-state index contributed by atoms with van der Waals surface area (Å²) in [6, 6.07) is 5.17. The summed E-state index contributed by atoms with van der Waals surface area (Å²) in [5, 5.41) is 11.6. The Hall–Kier alpha value is -1.60. The summed E-state index contributed by atoms with van der Waals surface area (Å²) in [4.78, 5) is 15.5. The highest BCUT2D eigenvalue weighted by Crippen LogP contribution is 2.21. The van der Waals surface area contributed by atoms with Crippen molar-refractivity contribution in [1.29, 1.82) is 5.26 Å². The van der Waals surface area contributed by atoms with Gasteiger partial charge in [0.2, 0.25) is 5.91 Å². The third-order valence-electron chi connectivity index (χ3n) is 1.84. The molecule has 0 unspecified atom stereocenters. The Balaban J connectivity index is 2.86. The van der Waals surface area contributed by atoms with Crippen LogP contribution in [0.4, 0.5) is 5.82 Å². The maximum atomic E-state index is 11.6. The minimum Gasteiger partial charge on any atom is -0.308 e. The first-order valence-corrected chi connectivity index (χ1v) is 4.68. The van der Waals surface area contributed by atoms with Gasteiger partial charge >= 0.3 is 0 Å². The van der Waals surface area contributed by atoms with Gasteiger partial charge in [-0.25, -0.2) is 4.98 Å². The molecule has 1 heterocycles. The number of halogens is 1. The lowest BCUT2D eigenvalue weighted by Gasteiger charge is -2.14. The van der Waals surface area contributed by atoms with Crippen LogP contribution in [0, 0.1) is 16.7 Å². The summed E-state index contributed by atoms with van der Waals surface area (Å²) < 4.78 is 0. The smallest absolute Gasteiger partial charge is 0.245 e. The standard InChI is InChI=1S/C10H10ClN3O/c1-10(2,6-12)9(15)14-8-7(11)4-3-5-13-8/h3-5H,1-2H3,(H,13,14,15). The number of amides is 1. The van der Waals surface area contributed by atoms with E-state index < -0.39 is 11.3 Å². The summed E-state index contributed by atoms with van der Waals surface area (Å²) in [5.74, 6) is -0.155. The monoisotopic (exact) mass is 223 g/mol. The Bertz CT molecular complexity index is 423. The third kappa shape index (κ3) is 2.67. The number of nitrogens with zero attached hydrogens (tertiary/aromatic N) is 2. The molecule has 0 saturated heterocycles. The van der Waals surface area contributed by atoms with Crippen molar-refractivity contribution in [3.05, 3.63) is 23.4 Å². The maximum absolute atomic E-state index is 11.6. The van der Waals surface area contributed by atoms with Gasteiger partial charge in [-0.15, -0.1) is 0 Å². The number of nitrogens with one attached hydrogen (secondary N) is 1. The molecule has 0 atom stereocenters. The summed E-state index contributed by atoms with van der Waals surface area (Å²) in [6.45, 7) is 3.05. The molecule has 15 heavy (non-hydrogen) atoms. The van der Waals surface area contributed by atoms with Crippen LogP contribution in [-0.4, -0.2) is 10.9 Å². The van der Waals surface area contributed by atoms with Crippen LogP contribution in [0.25, 0.3) is 0 Å². The molecule has 78 valence electrons. The van der Waals surface area contributed by atoms with Crippen LogP contribution in [0.3, 0.4) is 0 Å². The summed E-state index contributed by atoms with van der Waals surface area (Å²) in [5.41, 5.74) is -1.10. The quantitative estimate of drug-likeness (QED) is 0.836. The lowest BCUT2D eigenvalue weighted by molar-refractivity contribution is -0.121. The van der Waals surface area contributed by atoms with Crippen LogP contribution in [-0.2, 0) is 4.79 Å². The normalized spacial score (nSPS) is 10.5. The van der Waals surface area contributed by atoms with E-state index in [1.54, 1.807) is 12.1 Å². The molecule has 0 fully saturated rings. The number of pyridine rings is 1. The van der Waals surface area contributed by atoms with Crippen molar-refractivity contribution < 1.29 is 4.79 Å². The molecule has 4 nitrogen and oxygen atoms in total. The van der Waals surface area contributed by atoms with Gasteiger partial charge in [0.25, 0.3) is 0 Å². The molecule has 1 amide bonds.